The van der Waals surface area contributed by atoms with E-state index in [4.69, 9.17) is 4.74 Å². The number of carbonyl (C=O) groups is 1. The standard InChI is InChI=1S/C21H25N5O3/c1-14-19-15(2)26(16-7-4-3-5-8-16)24-20(19)21(28)25(23-14)11-10-18(27)22-13-17-9-6-12-29-17/h3-5,7-8,17H,6,9-13H2,1-2H3,(H,22,27). The van der Waals surface area contributed by atoms with Crippen LogP contribution >= 0.6 is 0 Å². The number of nitrogens with zero attached hydrogens (tertiary/aromatic N) is 4. The molecule has 1 aliphatic rings. The molecular formula is C21H25N5O3. The Kier molecular flexibility index (Phi) is 5.44. The van der Waals surface area contributed by atoms with Crippen LogP contribution in [0.15, 0.2) is 35.1 Å². The fraction of sp³-hybridized carbons (Fsp3) is 0.429. The van der Waals surface area contributed by atoms with Crippen molar-refractivity contribution < 1.29 is 9.53 Å². The van der Waals surface area contributed by atoms with Gasteiger partial charge in [0.1, 0.15) is 0 Å². The Labute approximate surface area is 168 Å². The average Bonchev–Trinajstić information content (AvgIpc) is 3.37. The van der Waals surface area contributed by atoms with Gasteiger partial charge in [0, 0.05) is 19.6 Å². The number of nitrogens with one attached hydrogen (secondary N) is 1. The second kappa shape index (κ2) is 8.16. The first-order chi connectivity index (χ1) is 14.0. The first-order valence-electron chi connectivity index (χ1n) is 9.95. The van der Waals surface area contributed by atoms with Gasteiger partial charge >= 0.3 is 0 Å². The van der Waals surface area contributed by atoms with Gasteiger partial charge in [-0.2, -0.15) is 10.2 Å². The molecule has 1 atom stereocenters. The molecule has 8 heteroatoms. The SMILES string of the molecule is Cc1nn(CCC(=O)NCC2CCCO2)c(=O)c2nn(-c3ccccc3)c(C)c12. The van der Waals surface area contributed by atoms with Gasteiger partial charge < -0.3 is 10.1 Å². The highest BCUT2D eigenvalue weighted by atomic mass is 16.5. The smallest absolute Gasteiger partial charge is 0.295 e. The zero-order valence-corrected chi connectivity index (χ0v) is 16.7. The van der Waals surface area contributed by atoms with Crippen LogP contribution in [0.3, 0.4) is 0 Å². The van der Waals surface area contributed by atoms with Crippen LogP contribution in [-0.4, -0.2) is 44.7 Å². The molecule has 0 spiro atoms. The molecule has 29 heavy (non-hydrogen) atoms. The van der Waals surface area contributed by atoms with Crippen molar-refractivity contribution in [3.63, 3.8) is 0 Å². The van der Waals surface area contributed by atoms with Gasteiger partial charge in [0.15, 0.2) is 5.52 Å². The summed E-state index contributed by atoms with van der Waals surface area (Å²) in [6.07, 6.45) is 2.29. The van der Waals surface area contributed by atoms with Crippen molar-refractivity contribution in [1.82, 2.24) is 24.9 Å². The molecule has 0 radical (unpaired) electrons. The van der Waals surface area contributed by atoms with E-state index >= 15 is 0 Å². The number of amides is 1. The summed E-state index contributed by atoms with van der Waals surface area (Å²) in [6.45, 7) is 5.28. The maximum absolute atomic E-state index is 12.9. The molecular weight excluding hydrogens is 370 g/mol. The molecule has 1 aromatic carbocycles. The first kappa shape index (κ1) is 19.3. The molecule has 152 valence electrons. The summed E-state index contributed by atoms with van der Waals surface area (Å²) in [6, 6.07) is 9.68. The monoisotopic (exact) mass is 395 g/mol. The Bertz CT molecular complexity index is 1080. The summed E-state index contributed by atoms with van der Waals surface area (Å²) in [5.41, 5.74) is 2.57. The highest BCUT2D eigenvalue weighted by molar-refractivity contribution is 5.83. The molecule has 3 heterocycles. The molecule has 1 amide bonds. The van der Waals surface area contributed by atoms with Crippen molar-refractivity contribution in [3.8, 4) is 5.69 Å². The number of rotatable bonds is 6. The van der Waals surface area contributed by atoms with Crippen LogP contribution < -0.4 is 10.9 Å². The lowest BCUT2D eigenvalue weighted by molar-refractivity contribution is -0.121. The Morgan fingerprint density at radius 1 is 1.24 bits per heavy atom. The number of ether oxygens (including phenoxy) is 1. The van der Waals surface area contributed by atoms with Gasteiger partial charge in [0.2, 0.25) is 5.91 Å². The average molecular weight is 395 g/mol. The Morgan fingerprint density at radius 2 is 2.03 bits per heavy atom. The second-order valence-corrected chi connectivity index (χ2v) is 7.36. The van der Waals surface area contributed by atoms with E-state index in [1.165, 1.54) is 4.68 Å². The minimum absolute atomic E-state index is 0.100. The van der Waals surface area contributed by atoms with Crippen LogP contribution in [0, 0.1) is 13.8 Å². The van der Waals surface area contributed by atoms with Crippen LogP contribution in [0.5, 0.6) is 0 Å². The third-order valence-corrected chi connectivity index (χ3v) is 5.29. The predicted molar refractivity (Wildman–Crippen MR) is 109 cm³/mol. The molecule has 1 N–H and O–H groups in total. The molecule has 3 aromatic rings. The number of aromatic nitrogens is 4. The zero-order chi connectivity index (χ0) is 20.4. The highest BCUT2D eigenvalue weighted by Crippen LogP contribution is 2.20. The Morgan fingerprint density at radius 3 is 2.76 bits per heavy atom. The van der Waals surface area contributed by atoms with Crippen molar-refractivity contribution in [2.24, 2.45) is 0 Å². The van der Waals surface area contributed by atoms with Crippen LogP contribution in [-0.2, 0) is 16.1 Å². The van der Waals surface area contributed by atoms with Crippen molar-refractivity contribution in [2.75, 3.05) is 13.2 Å². The van der Waals surface area contributed by atoms with E-state index in [0.29, 0.717) is 12.1 Å². The van der Waals surface area contributed by atoms with E-state index in [9.17, 15) is 9.59 Å². The minimum Gasteiger partial charge on any atom is -0.376 e. The Balaban J connectivity index is 1.54. The minimum atomic E-state index is -0.282. The van der Waals surface area contributed by atoms with E-state index in [2.05, 4.69) is 15.5 Å². The topological polar surface area (TPSA) is 91.0 Å². The normalized spacial score (nSPS) is 16.4. The summed E-state index contributed by atoms with van der Waals surface area (Å²) in [4.78, 5) is 25.1. The van der Waals surface area contributed by atoms with E-state index in [1.54, 1.807) is 4.68 Å². The van der Waals surface area contributed by atoms with E-state index in [1.807, 2.05) is 44.2 Å². The number of benzene rings is 1. The third-order valence-electron chi connectivity index (χ3n) is 5.29. The summed E-state index contributed by atoms with van der Waals surface area (Å²) in [5, 5.41) is 12.6. The van der Waals surface area contributed by atoms with Gasteiger partial charge in [-0.15, -0.1) is 0 Å². The summed E-state index contributed by atoms with van der Waals surface area (Å²) in [7, 11) is 0. The van der Waals surface area contributed by atoms with Crippen molar-refractivity contribution in [2.45, 2.75) is 45.8 Å². The molecule has 8 nitrogen and oxygen atoms in total. The molecule has 1 fully saturated rings. The summed E-state index contributed by atoms with van der Waals surface area (Å²) < 4.78 is 8.61. The summed E-state index contributed by atoms with van der Waals surface area (Å²) >= 11 is 0. The lowest BCUT2D eigenvalue weighted by atomic mass is 10.2. The van der Waals surface area contributed by atoms with Crippen molar-refractivity contribution >= 4 is 16.8 Å². The maximum Gasteiger partial charge on any atom is 0.295 e. The number of hydrogen-bond acceptors (Lipinski definition) is 5. The lowest BCUT2D eigenvalue weighted by Crippen LogP contribution is -2.33. The fourth-order valence-corrected chi connectivity index (χ4v) is 3.78. The van der Waals surface area contributed by atoms with E-state index in [-0.39, 0.29) is 30.5 Å². The van der Waals surface area contributed by atoms with Crippen LogP contribution in [0.25, 0.3) is 16.6 Å². The van der Waals surface area contributed by atoms with Gasteiger partial charge in [0.25, 0.3) is 5.56 Å². The van der Waals surface area contributed by atoms with Crippen molar-refractivity contribution in [1.29, 1.82) is 0 Å². The first-order valence-corrected chi connectivity index (χ1v) is 9.95. The van der Waals surface area contributed by atoms with Crippen LogP contribution in [0.4, 0.5) is 0 Å². The van der Waals surface area contributed by atoms with Gasteiger partial charge in [-0.05, 0) is 38.8 Å². The van der Waals surface area contributed by atoms with Gasteiger partial charge in [0.05, 0.1) is 35.1 Å². The molecule has 1 saturated heterocycles. The van der Waals surface area contributed by atoms with E-state index in [0.717, 1.165) is 41.9 Å². The van der Waals surface area contributed by atoms with Gasteiger partial charge in [-0.3, -0.25) is 9.59 Å². The van der Waals surface area contributed by atoms with Gasteiger partial charge in [-0.1, -0.05) is 18.2 Å². The Hall–Kier alpha value is -3.00. The fourth-order valence-electron chi connectivity index (χ4n) is 3.78. The second-order valence-electron chi connectivity index (χ2n) is 7.36. The number of aryl methyl sites for hydroxylation is 3. The predicted octanol–water partition coefficient (Wildman–Crippen LogP) is 1.88. The van der Waals surface area contributed by atoms with E-state index < -0.39 is 0 Å². The highest BCUT2D eigenvalue weighted by Gasteiger charge is 2.19. The number of hydrogen-bond donors (Lipinski definition) is 1. The third kappa shape index (κ3) is 3.93. The lowest BCUT2D eigenvalue weighted by Gasteiger charge is -2.11. The molecule has 2 aromatic heterocycles. The van der Waals surface area contributed by atoms with Crippen LogP contribution in [0.1, 0.15) is 30.7 Å². The number of fused-ring (bicyclic) bond motifs is 1. The molecule has 0 aliphatic carbocycles. The number of carbonyl (C=O) groups excluding carboxylic acids is 1. The summed E-state index contributed by atoms with van der Waals surface area (Å²) in [5.74, 6) is -0.113. The van der Waals surface area contributed by atoms with Gasteiger partial charge in [-0.25, -0.2) is 9.36 Å². The van der Waals surface area contributed by atoms with Crippen LogP contribution in [0.2, 0.25) is 0 Å². The maximum atomic E-state index is 12.9. The molecule has 4 rings (SSSR count). The molecule has 0 saturated carbocycles. The largest absolute Gasteiger partial charge is 0.376 e. The zero-order valence-electron chi connectivity index (χ0n) is 16.7. The van der Waals surface area contributed by atoms with Crippen molar-refractivity contribution in [3.05, 3.63) is 52.1 Å². The quantitative estimate of drug-likeness (QED) is 0.688. The molecule has 0 bridgehead atoms. The number of para-hydroxylation sites is 1. The molecule has 1 aliphatic heterocycles. The molecule has 1 unspecified atom stereocenters.